The molecule has 96 valence electrons. The molecule has 0 radical (unpaired) electrons. The standard InChI is InChI=1S/C14H15ClO2S/c1-8-4-9(2)13(11(5-8)17-3)14(16)12-6-10(15)7-18-12/h4-7,14,16H,1-3H3. The number of aliphatic hydroxyl groups excluding tert-OH is 1. The minimum atomic E-state index is -0.696. The molecule has 1 N–H and O–H groups in total. The summed E-state index contributed by atoms with van der Waals surface area (Å²) in [5.41, 5.74) is 2.94. The number of hydrogen-bond donors (Lipinski definition) is 1. The van der Waals surface area contributed by atoms with E-state index >= 15 is 0 Å². The Bertz CT molecular complexity index is 563. The van der Waals surface area contributed by atoms with Gasteiger partial charge in [0.1, 0.15) is 11.9 Å². The van der Waals surface area contributed by atoms with Gasteiger partial charge in [-0.1, -0.05) is 17.7 Å². The first-order chi connectivity index (χ1) is 8.52. The van der Waals surface area contributed by atoms with Crippen LogP contribution < -0.4 is 4.74 Å². The molecule has 2 nitrogen and oxygen atoms in total. The summed E-state index contributed by atoms with van der Waals surface area (Å²) in [6.45, 7) is 3.98. The zero-order valence-electron chi connectivity index (χ0n) is 10.5. The minimum Gasteiger partial charge on any atom is -0.496 e. The number of methoxy groups -OCH3 is 1. The van der Waals surface area contributed by atoms with E-state index in [4.69, 9.17) is 16.3 Å². The van der Waals surface area contributed by atoms with E-state index in [0.717, 1.165) is 21.6 Å². The van der Waals surface area contributed by atoms with Crippen LogP contribution >= 0.6 is 22.9 Å². The average molecular weight is 283 g/mol. The molecule has 0 bridgehead atoms. The predicted molar refractivity (Wildman–Crippen MR) is 75.9 cm³/mol. The molecule has 1 unspecified atom stereocenters. The van der Waals surface area contributed by atoms with E-state index in [1.165, 1.54) is 11.3 Å². The lowest BCUT2D eigenvalue weighted by Gasteiger charge is -2.17. The minimum absolute atomic E-state index is 0.651. The second-order valence-electron chi connectivity index (χ2n) is 4.27. The third kappa shape index (κ3) is 2.53. The van der Waals surface area contributed by atoms with Crippen LogP contribution in [0.4, 0.5) is 0 Å². The molecule has 1 atom stereocenters. The zero-order chi connectivity index (χ0) is 13.3. The molecule has 1 aromatic carbocycles. The summed E-state index contributed by atoms with van der Waals surface area (Å²) in [4.78, 5) is 0.824. The van der Waals surface area contributed by atoms with Crippen molar-refractivity contribution >= 4 is 22.9 Å². The summed E-state index contributed by atoms with van der Waals surface area (Å²) in [6.07, 6.45) is -0.696. The van der Waals surface area contributed by atoms with Crippen LogP contribution in [0, 0.1) is 13.8 Å². The van der Waals surface area contributed by atoms with Crippen LogP contribution in [0.15, 0.2) is 23.6 Å². The molecule has 0 aliphatic carbocycles. The Kier molecular flexibility index (Phi) is 3.95. The van der Waals surface area contributed by atoms with Gasteiger partial charge in [-0.3, -0.25) is 0 Å². The fraction of sp³-hybridized carbons (Fsp3) is 0.286. The molecule has 0 saturated carbocycles. The van der Waals surface area contributed by atoms with Gasteiger partial charge in [-0.25, -0.2) is 0 Å². The van der Waals surface area contributed by atoms with Crippen molar-refractivity contribution in [1.29, 1.82) is 0 Å². The summed E-state index contributed by atoms with van der Waals surface area (Å²) in [6, 6.07) is 5.76. The Hall–Kier alpha value is -1.03. The molecule has 1 aromatic heterocycles. The highest BCUT2D eigenvalue weighted by molar-refractivity contribution is 7.10. The van der Waals surface area contributed by atoms with Crippen molar-refractivity contribution < 1.29 is 9.84 Å². The SMILES string of the molecule is COc1cc(C)cc(C)c1C(O)c1cc(Cl)cs1. The van der Waals surface area contributed by atoms with Crippen LogP contribution in [0.1, 0.15) is 27.7 Å². The number of halogens is 1. The quantitative estimate of drug-likeness (QED) is 0.918. The monoisotopic (exact) mass is 282 g/mol. The second-order valence-corrected chi connectivity index (χ2v) is 5.65. The lowest BCUT2D eigenvalue weighted by atomic mass is 9.99. The highest BCUT2D eigenvalue weighted by Crippen LogP contribution is 2.36. The van der Waals surface area contributed by atoms with Gasteiger partial charge in [-0.05, 0) is 37.1 Å². The molecule has 2 rings (SSSR count). The Morgan fingerprint density at radius 2 is 2.00 bits per heavy atom. The van der Waals surface area contributed by atoms with E-state index in [1.807, 2.05) is 31.4 Å². The van der Waals surface area contributed by atoms with Gasteiger partial charge in [0.15, 0.2) is 0 Å². The maximum atomic E-state index is 10.5. The molecule has 2 aromatic rings. The summed E-state index contributed by atoms with van der Waals surface area (Å²) in [5, 5.41) is 12.9. The van der Waals surface area contributed by atoms with E-state index in [2.05, 4.69) is 0 Å². The fourth-order valence-electron chi connectivity index (χ4n) is 2.07. The molecular weight excluding hydrogens is 268 g/mol. The Morgan fingerprint density at radius 3 is 2.56 bits per heavy atom. The smallest absolute Gasteiger partial charge is 0.125 e. The van der Waals surface area contributed by atoms with E-state index in [1.54, 1.807) is 13.2 Å². The average Bonchev–Trinajstić information content (AvgIpc) is 2.74. The van der Waals surface area contributed by atoms with Crippen molar-refractivity contribution in [1.82, 2.24) is 0 Å². The van der Waals surface area contributed by atoms with Gasteiger partial charge in [0.25, 0.3) is 0 Å². The van der Waals surface area contributed by atoms with Crippen LogP contribution in [-0.4, -0.2) is 12.2 Å². The largest absolute Gasteiger partial charge is 0.496 e. The lowest BCUT2D eigenvalue weighted by Crippen LogP contribution is -2.04. The number of thiophene rings is 1. The number of aryl methyl sites for hydroxylation is 2. The number of ether oxygens (including phenoxy) is 1. The Labute approximate surface area is 116 Å². The molecule has 0 fully saturated rings. The van der Waals surface area contributed by atoms with Gasteiger partial charge in [0.05, 0.1) is 12.1 Å². The van der Waals surface area contributed by atoms with Gasteiger partial charge >= 0.3 is 0 Å². The van der Waals surface area contributed by atoms with Crippen molar-refractivity contribution in [3.05, 3.63) is 50.2 Å². The van der Waals surface area contributed by atoms with E-state index < -0.39 is 6.10 Å². The third-order valence-corrected chi connectivity index (χ3v) is 4.18. The van der Waals surface area contributed by atoms with E-state index in [0.29, 0.717) is 10.8 Å². The Balaban J connectivity index is 2.50. The zero-order valence-corrected chi connectivity index (χ0v) is 12.1. The van der Waals surface area contributed by atoms with Gasteiger partial charge in [0.2, 0.25) is 0 Å². The van der Waals surface area contributed by atoms with E-state index in [-0.39, 0.29) is 0 Å². The van der Waals surface area contributed by atoms with Gasteiger partial charge in [-0.15, -0.1) is 11.3 Å². The molecule has 0 aliphatic heterocycles. The third-order valence-electron chi connectivity index (χ3n) is 2.84. The first-order valence-corrected chi connectivity index (χ1v) is 6.86. The summed E-state index contributed by atoms with van der Waals surface area (Å²) in [7, 11) is 1.62. The van der Waals surface area contributed by atoms with Crippen LogP contribution in [0.25, 0.3) is 0 Å². The van der Waals surface area contributed by atoms with Crippen molar-refractivity contribution in [2.24, 2.45) is 0 Å². The van der Waals surface area contributed by atoms with E-state index in [9.17, 15) is 5.11 Å². The fourth-order valence-corrected chi connectivity index (χ4v) is 3.15. The van der Waals surface area contributed by atoms with Crippen LogP contribution in [0.2, 0.25) is 5.02 Å². The molecule has 1 heterocycles. The van der Waals surface area contributed by atoms with Gasteiger partial charge in [0, 0.05) is 15.8 Å². The topological polar surface area (TPSA) is 29.5 Å². The normalized spacial score (nSPS) is 12.5. The number of benzene rings is 1. The first kappa shape index (κ1) is 13.4. The number of aliphatic hydroxyl groups is 1. The number of hydrogen-bond acceptors (Lipinski definition) is 3. The van der Waals surface area contributed by atoms with Crippen molar-refractivity contribution in [3.63, 3.8) is 0 Å². The molecule has 0 saturated heterocycles. The van der Waals surface area contributed by atoms with Crippen LogP contribution in [-0.2, 0) is 0 Å². The highest BCUT2D eigenvalue weighted by Gasteiger charge is 2.19. The summed E-state index contributed by atoms with van der Waals surface area (Å²) >= 11 is 7.35. The van der Waals surface area contributed by atoms with Crippen LogP contribution in [0.3, 0.4) is 0 Å². The second kappa shape index (κ2) is 5.31. The molecular formula is C14H15ClO2S. The molecule has 0 aliphatic rings. The molecule has 18 heavy (non-hydrogen) atoms. The van der Waals surface area contributed by atoms with Crippen molar-refractivity contribution in [2.45, 2.75) is 20.0 Å². The predicted octanol–water partition coefficient (Wildman–Crippen LogP) is 4.11. The summed E-state index contributed by atoms with van der Waals surface area (Å²) in [5.74, 6) is 0.713. The van der Waals surface area contributed by atoms with Crippen molar-refractivity contribution in [3.8, 4) is 5.75 Å². The molecule has 0 amide bonds. The lowest BCUT2D eigenvalue weighted by molar-refractivity contribution is 0.217. The van der Waals surface area contributed by atoms with Gasteiger partial charge in [-0.2, -0.15) is 0 Å². The van der Waals surface area contributed by atoms with Gasteiger partial charge < -0.3 is 9.84 Å². The molecule has 0 spiro atoms. The molecule has 4 heteroatoms. The van der Waals surface area contributed by atoms with Crippen LogP contribution in [0.5, 0.6) is 5.75 Å². The first-order valence-electron chi connectivity index (χ1n) is 5.60. The van der Waals surface area contributed by atoms with Crippen molar-refractivity contribution in [2.75, 3.05) is 7.11 Å². The maximum absolute atomic E-state index is 10.5. The summed E-state index contributed by atoms with van der Waals surface area (Å²) < 4.78 is 5.37. The number of rotatable bonds is 3. The Morgan fingerprint density at radius 1 is 1.28 bits per heavy atom. The maximum Gasteiger partial charge on any atom is 0.125 e. The highest BCUT2D eigenvalue weighted by atomic mass is 35.5.